The minimum atomic E-state index is -0.343. The first-order valence-corrected chi connectivity index (χ1v) is 9.14. The predicted molar refractivity (Wildman–Crippen MR) is 123 cm³/mol. The van der Waals surface area contributed by atoms with Crippen molar-refractivity contribution in [1.29, 1.82) is 0 Å². The second-order valence-corrected chi connectivity index (χ2v) is 6.37. The summed E-state index contributed by atoms with van der Waals surface area (Å²) >= 11 is 0. The Kier molecular flexibility index (Phi) is 8.08. The fraction of sp³-hybridized carbons (Fsp3) is 0.150. The highest BCUT2D eigenvalue weighted by atomic mass is 16.5. The molecule has 0 aliphatic rings. The van der Waals surface area contributed by atoms with Crippen molar-refractivity contribution in [3.63, 3.8) is 0 Å². The van der Waals surface area contributed by atoms with E-state index in [1.165, 1.54) is 0 Å². The van der Waals surface area contributed by atoms with Crippen LogP contribution in [0.2, 0.25) is 0 Å². The Morgan fingerprint density at radius 3 is 1.84 bits per heavy atom. The van der Waals surface area contributed by atoms with Crippen LogP contribution in [-0.2, 0) is 4.79 Å². The molecular weight excluding hydrogens is 398 g/mol. The lowest BCUT2D eigenvalue weighted by atomic mass is 10.0. The van der Waals surface area contributed by atoms with E-state index < -0.39 is 0 Å². The summed E-state index contributed by atoms with van der Waals surface area (Å²) in [5, 5.41) is 18.0. The molecule has 0 fully saturated rings. The van der Waals surface area contributed by atoms with Crippen LogP contribution in [0.3, 0.4) is 0 Å². The van der Waals surface area contributed by atoms with Crippen LogP contribution in [0, 0.1) is 0 Å². The van der Waals surface area contributed by atoms with Gasteiger partial charge in [-0.3, -0.25) is 4.79 Å². The predicted octanol–water partition coefficient (Wildman–Crippen LogP) is 0.699. The van der Waals surface area contributed by atoms with Gasteiger partial charge in [-0.1, -0.05) is 18.2 Å². The number of hydrogen-bond donors (Lipinski definition) is 5. The molecule has 0 aliphatic heterocycles. The lowest BCUT2D eigenvalue weighted by molar-refractivity contribution is -0.118. The molecule has 0 heterocycles. The largest absolute Gasteiger partial charge is 0.484 e. The first-order chi connectivity index (χ1) is 14.7. The lowest BCUT2D eigenvalue weighted by Crippen LogP contribution is -2.22. The molecule has 2 aromatic carbocycles. The summed E-state index contributed by atoms with van der Waals surface area (Å²) in [5.41, 5.74) is 24.2. The lowest BCUT2D eigenvalue weighted by Gasteiger charge is -2.11. The number of benzene rings is 2. The molecule has 11 heteroatoms. The van der Waals surface area contributed by atoms with E-state index in [2.05, 4.69) is 25.7 Å². The zero-order valence-corrected chi connectivity index (χ0v) is 17.2. The van der Waals surface area contributed by atoms with Gasteiger partial charge in [-0.15, -0.1) is 10.2 Å². The van der Waals surface area contributed by atoms with Gasteiger partial charge in [0.05, 0.1) is 11.4 Å². The third-order valence-electron chi connectivity index (χ3n) is 3.80. The molecule has 0 aliphatic carbocycles. The molecule has 2 rings (SSSR count). The number of nitrogens with zero attached hydrogens (tertiary/aromatic N) is 4. The Morgan fingerprint density at radius 1 is 0.839 bits per heavy atom. The zero-order valence-electron chi connectivity index (χ0n) is 17.2. The maximum atomic E-state index is 12.4. The summed E-state index contributed by atoms with van der Waals surface area (Å²) in [5.74, 6) is -0.0997. The van der Waals surface area contributed by atoms with Gasteiger partial charge < -0.3 is 33.0 Å². The average Bonchev–Trinajstić information content (AvgIpc) is 2.74. The Hall–Kier alpha value is -4.41. The van der Waals surface area contributed by atoms with E-state index in [1.54, 1.807) is 44.2 Å². The quantitative estimate of drug-likeness (QED) is 0.235. The van der Waals surface area contributed by atoms with Gasteiger partial charge in [-0.25, -0.2) is 0 Å². The van der Waals surface area contributed by atoms with E-state index in [9.17, 15) is 4.79 Å². The third-order valence-corrected chi connectivity index (χ3v) is 3.80. The third kappa shape index (κ3) is 7.85. The first-order valence-electron chi connectivity index (χ1n) is 9.14. The van der Waals surface area contributed by atoms with E-state index in [0.717, 1.165) is 0 Å². The number of para-hydroxylation sites is 1. The molecule has 11 nitrogen and oxygen atoms in total. The SMILES string of the molecule is C/C(=N/N=C(N)N)c1cc(NC(=O)COc2ccccc2)cc(/C(C)=N/N=C(N)N)c1. The topological polar surface area (TPSA) is 192 Å². The van der Waals surface area contributed by atoms with Gasteiger partial charge in [0.25, 0.3) is 5.91 Å². The normalized spacial score (nSPS) is 11.4. The highest BCUT2D eigenvalue weighted by Crippen LogP contribution is 2.18. The van der Waals surface area contributed by atoms with Gasteiger partial charge in [0.1, 0.15) is 5.75 Å². The van der Waals surface area contributed by atoms with Crippen molar-refractivity contribution >= 4 is 34.9 Å². The number of rotatable bonds is 8. The van der Waals surface area contributed by atoms with E-state index in [4.69, 9.17) is 27.7 Å². The fourth-order valence-corrected chi connectivity index (χ4v) is 2.36. The number of guanidine groups is 2. The van der Waals surface area contributed by atoms with E-state index in [0.29, 0.717) is 34.0 Å². The van der Waals surface area contributed by atoms with Crippen molar-refractivity contribution < 1.29 is 9.53 Å². The molecule has 1 amide bonds. The van der Waals surface area contributed by atoms with Gasteiger partial charge in [0, 0.05) is 16.8 Å². The molecule has 0 saturated carbocycles. The number of carbonyl (C=O) groups excluding carboxylic acids is 1. The standard InChI is InChI=1S/C20H25N9O2/c1-12(26-28-19(21)22)14-8-15(13(2)27-29-20(23)24)10-16(9-14)25-18(30)11-31-17-6-4-3-5-7-17/h3-10H,11H2,1-2H3,(H,25,30)(H4,21,22,28)(H4,23,24,29)/b26-12-,27-13+. The van der Waals surface area contributed by atoms with Crippen LogP contribution in [0.25, 0.3) is 0 Å². The molecular formula is C20H25N9O2. The van der Waals surface area contributed by atoms with Crippen molar-refractivity contribution in [3.05, 3.63) is 59.7 Å². The molecule has 162 valence electrons. The number of nitrogens with one attached hydrogen (secondary N) is 1. The highest BCUT2D eigenvalue weighted by Gasteiger charge is 2.10. The van der Waals surface area contributed by atoms with Crippen molar-refractivity contribution in [3.8, 4) is 5.75 Å². The molecule has 0 radical (unpaired) electrons. The van der Waals surface area contributed by atoms with Gasteiger partial charge >= 0.3 is 0 Å². The maximum Gasteiger partial charge on any atom is 0.262 e. The highest BCUT2D eigenvalue weighted by molar-refractivity contribution is 6.06. The Morgan fingerprint density at radius 2 is 1.35 bits per heavy atom. The van der Waals surface area contributed by atoms with E-state index in [-0.39, 0.29) is 24.4 Å². The van der Waals surface area contributed by atoms with Crippen LogP contribution in [0.4, 0.5) is 5.69 Å². The molecule has 0 saturated heterocycles. The fourth-order valence-electron chi connectivity index (χ4n) is 2.36. The van der Waals surface area contributed by atoms with Crippen molar-refractivity contribution in [2.45, 2.75) is 13.8 Å². The number of nitrogens with two attached hydrogens (primary N) is 4. The smallest absolute Gasteiger partial charge is 0.262 e. The molecule has 0 atom stereocenters. The summed E-state index contributed by atoms with van der Waals surface area (Å²) in [6.45, 7) is 3.28. The first kappa shape index (κ1) is 22.9. The Balaban J connectivity index is 2.30. The van der Waals surface area contributed by atoms with Crippen LogP contribution in [0.15, 0.2) is 68.9 Å². The summed E-state index contributed by atoms with van der Waals surface area (Å²) in [7, 11) is 0. The van der Waals surface area contributed by atoms with Crippen LogP contribution in [0.5, 0.6) is 5.75 Å². The van der Waals surface area contributed by atoms with E-state index >= 15 is 0 Å². The van der Waals surface area contributed by atoms with Gasteiger partial charge in [-0.05, 0) is 44.2 Å². The van der Waals surface area contributed by atoms with Crippen LogP contribution in [-0.4, -0.2) is 35.9 Å². The minimum absolute atomic E-state index is 0.161. The van der Waals surface area contributed by atoms with Crippen molar-refractivity contribution in [2.75, 3.05) is 11.9 Å². The molecule has 0 spiro atoms. The average molecular weight is 423 g/mol. The number of carbonyl (C=O) groups is 1. The van der Waals surface area contributed by atoms with E-state index in [1.807, 2.05) is 18.2 Å². The van der Waals surface area contributed by atoms with Crippen LogP contribution >= 0.6 is 0 Å². The minimum Gasteiger partial charge on any atom is -0.484 e. The number of ether oxygens (including phenoxy) is 1. The summed E-state index contributed by atoms with van der Waals surface area (Å²) in [4.78, 5) is 12.4. The zero-order chi connectivity index (χ0) is 22.8. The summed E-state index contributed by atoms with van der Waals surface area (Å²) < 4.78 is 5.47. The second kappa shape index (κ2) is 11.0. The molecule has 0 unspecified atom stereocenters. The molecule has 0 bridgehead atoms. The number of amides is 1. The van der Waals surface area contributed by atoms with Gasteiger partial charge in [0.2, 0.25) is 11.9 Å². The number of hydrogen-bond acceptors (Lipinski definition) is 6. The molecule has 9 N–H and O–H groups in total. The van der Waals surface area contributed by atoms with Crippen molar-refractivity contribution in [1.82, 2.24) is 0 Å². The Bertz CT molecular complexity index is 984. The van der Waals surface area contributed by atoms with Gasteiger partial charge in [0.15, 0.2) is 6.61 Å². The second-order valence-electron chi connectivity index (χ2n) is 6.37. The van der Waals surface area contributed by atoms with Crippen LogP contribution < -0.4 is 33.0 Å². The molecule has 31 heavy (non-hydrogen) atoms. The van der Waals surface area contributed by atoms with Gasteiger partial charge in [-0.2, -0.15) is 10.2 Å². The summed E-state index contributed by atoms with van der Waals surface area (Å²) in [6.07, 6.45) is 0. The maximum absolute atomic E-state index is 12.4. The Labute approximate surface area is 179 Å². The molecule has 2 aromatic rings. The molecule has 0 aromatic heterocycles. The summed E-state index contributed by atoms with van der Waals surface area (Å²) in [6, 6.07) is 14.3. The van der Waals surface area contributed by atoms with Crippen molar-refractivity contribution in [2.24, 2.45) is 43.3 Å². The van der Waals surface area contributed by atoms with Crippen LogP contribution in [0.1, 0.15) is 25.0 Å². The monoisotopic (exact) mass is 423 g/mol. The number of anilines is 1.